The summed E-state index contributed by atoms with van der Waals surface area (Å²) < 4.78 is 1.54. The first-order valence-electron chi connectivity index (χ1n) is 7.34. The topological polar surface area (TPSA) is 75.4 Å². The van der Waals surface area contributed by atoms with Crippen molar-refractivity contribution >= 4 is 11.9 Å². The number of aromatic nitrogens is 2. The van der Waals surface area contributed by atoms with Crippen molar-refractivity contribution in [1.29, 1.82) is 0 Å². The van der Waals surface area contributed by atoms with Gasteiger partial charge in [-0.15, -0.1) is 0 Å². The van der Waals surface area contributed by atoms with Gasteiger partial charge in [-0.2, -0.15) is 5.10 Å². The number of nitrogens with zero attached hydrogens (tertiary/aromatic N) is 3. The van der Waals surface area contributed by atoms with E-state index in [1.807, 2.05) is 20.8 Å². The quantitative estimate of drug-likeness (QED) is 0.920. The van der Waals surface area contributed by atoms with E-state index in [1.54, 1.807) is 17.8 Å². The van der Waals surface area contributed by atoms with E-state index in [9.17, 15) is 14.7 Å². The highest BCUT2D eigenvalue weighted by atomic mass is 16.4. The minimum Gasteiger partial charge on any atom is -0.480 e. The van der Waals surface area contributed by atoms with Gasteiger partial charge in [0.15, 0.2) is 0 Å². The molecule has 0 saturated carbocycles. The summed E-state index contributed by atoms with van der Waals surface area (Å²) in [4.78, 5) is 25.9. The predicted molar refractivity (Wildman–Crippen MR) is 78.1 cm³/mol. The van der Waals surface area contributed by atoms with E-state index in [4.69, 9.17) is 0 Å². The van der Waals surface area contributed by atoms with Gasteiger partial charge in [0.05, 0.1) is 5.69 Å². The van der Waals surface area contributed by atoms with E-state index in [1.165, 1.54) is 4.90 Å². The summed E-state index contributed by atoms with van der Waals surface area (Å²) in [6, 6.07) is 0.960. The lowest BCUT2D eigenvalue weighted by atomic mass is 9.76. The Balaban J connectivity index is 2.35. The van der Waals surface area contributed by atoms with Crippen molar-refractivity contribution in [2.75, 3.05) is 6.54 Å². The lowest BCUT2D eigenvalue weighted by molar-refractivity contribution is -0.148. The maximum atomic E-state index is 12.8. The molecule has 2 rings (SSSR count). The summed E-state index contributed by atoms with van der Waals surface area (Å²) in [5, 5.41) is 13.8. The third-order valence-corrected chi connectivity index (χ3v) is 4.28. The Labute approximate surface area is 124 Å². The molecular formula is C15H23N3O3. The van der Waals surface area contributed by atoms with Crippen molar-refractivity contribution in [3.8, 4) is 0 Å². The first-order chi connectivity index (χ1) is 9.77. The summed E-state index contributed by atoms with van der Waals surface area (Å²) >= 11 is 0. The van der Waals surface area contributed by atoms with E-state index < -0.39 is 17.4 Å². The number of carboxylic acids is 1. The highest BCUT2D eigenvalue weighted by Gasteiger charge is 2.45. The first kappa shape index (κ1) is 15.5. The van der Waals surface area contributed by atoms with E-state index in [0.29, 0.717) is 12.2 Å². The van der Waals surface area contributed by atoms with Gasteiger partial charge in [-0.25, -0.2) is 4.79 Å². The Hall–Kier alpha value is -1.85. The average Bonchev–Trinajstić information content (AvgIpc) is 2.77. The number of carbonyl (C=O) groups excluding carboxylic acids is 1. The smallest absolute Gasteiger partial charge is 0.326 e. The number of aliphatic carboxylic acids is 1. The Bertz CT molecular complexity index is 563. The highest BCUT2D eigenvalue weighted by molar-refractivity contribution is 5.95. The Kier molecular flexibility index (Phi) is 4.07. The molecule has 116 valence electrons. The third-order valence-electron chi connectivity index (χ3n) is 4.28. The van der Waals surface area contributed by atoms with Gasteiger partial charge in [0, 0.05) is 13.6 Å². The molecule has 0 radical (unpaired) electrons. The number of carboxylic acid groups (broad SMARTS) is 1. The molecule has 1 N–H and O–H groups in total. The average molecular weight is 293 g/mol. The zero-order chi connectivity index (χ0) is 15.8. The minimum absolute atomic E-state index is 0.245. The lowest BCUT2D eigenvalue weighted by Crippen LogP contribution is -2.56. The highest BCUT2D eigenvalue weighted by Crippen LogP contribution is 2.36. The summed E-state index contributed by atoms with van der Waals surface area (Å²) in [6.07, 6.45) is 2.37. The molecule has 2 heterocycles. The summed E-state index contributed by atoms with van der Waals surface area (Å²) in [5.41, 5.74) is 0.867. The zero-order valence-corrected chi connectivity index (χ0v) is 13.1. The maximum Gasteiger partial charge on any atom is 0.326 e. The SMILES string of the molecule is CCc1cc(C(=O)N2CCCC(C)(C)C2C(=O)O)n(C)n1. The second-order valence-corrected chi connectivity index (χ2v) is 6.33. The maximum absolute atomic E-state index is 12.8. The molecule has 0 spiro atoms. The Morgan fingerprint density at radius 3 is 2.67 bits per heavy atom. The van der Waals surface area contributed by atoms with Gasteiger partial charge in [-0.1, -0.05) is 20.8 Å². The van der Waals surface area contributed by atoms with Crippen LogP contribution in [0.1, 0.15) is 49.8 Å². The minimum atomic E-state index is -0.939. The second kappa shape index (κ2) is 5.50. The van der Waals surface area contributed by atoms with Gasteiger partial charge in [-0.05, 0) is 30.7 Å². The Morgan fingerprint density at radius 1 is 1.48 bits per heavy atom. The van der Waals surface area contributed by atoms with Crippen LogP contribution in [0, 0.1) is 5.41 Å². The molecule has 1 unspecified atom stereocenters. The molecule has 1 atom stereocenters. The number of hydrogen-bond acceptors (Lipinski definition) is 3. The normalized spacial score (nSPS) is 21.3. The molecule has 1 aliphatic rings. The first-order valence-corrected chi connectivity index (χ1v) is 7.34. The van der Waals surface area contributed by atoms with Crippen molar-refractivity contribution in [2.24, 2.45) is 12.5 Å². The van der Waals surface area contributed by atoms with Crippen LogP contribution in [0.25, 0.3) is 0 Å². The second-order valence-electron chi connectivity index (χ2n) is 6.33. The number of aryl methyl sites for hydroxylation is 2. The molecule has 6 nitrogen and oxygen atoms in total. The van der Waals surface area contributed by atoms with Crippen molar-refractivity contribution < 1.29 is 14.7 Å². The van der Waals surface area contributed by atoms with Gasteiger partial charge in [-0.3, -0.25) is 9.48 Å². The van der Waals surface area contributed by atoms with Crippen LogP contribution in [-0.4, -0.2) is 44.3 Å². The van der Waals surface area contributed by atoms with Crippen LogP contribution in [0.4, 0.5) is 0 Å². The predicted octanol–water partition coefficient (Wildman–Crippen LogP) is 1.70. The Morgan fingerprint density at radius 2 is 2.14 bits per heavy atom. The van der Waals surface area contributed by atoms with Crippen molar-refractivity contribution in [3.63, 3.8) is 0 Å². The fraction of sp³-hybridized carbons (Fsp3) is 0.667. The van der Waals surface area contributed by atoms with Crippen LogP contribution in [-0.2, 0) is 18.3 Å². The van der Waals surface area contributed by atoms with E-state index in [-0.39, 0.29) is 5.91 Å². The molecule has 0 aliphatic carbocycles. The van der Waals surface area contributed by atoms with Crippen LogP contribution in [0.5, 0.6) is 0 Å². The van der Waals surface area contributed by atoms with Crippen LogP contribution >= 0.6 is 0 Å². The fourth-order valence-electron chi connectivity index (χ4n) is 3.13. The van der Waals surface area contributed by atoms with Crippen LogP contribution in [0.15, 0.2) is 6.07 Å². The molecule has 1 aromatic rings. The van der Waals surface area contributed by atoms with Crippen molar-refractivity contribution in [2.45, 2.75) is 46.1 Å². The number of carbonyl (C=O) groups is 2. The van der Waals surface area contributed by atoms with E-state index >= 15 is 0 Å². The molecule has 0 bridgehead atoms. The number of amides is 1. The molecule has 1 fully saturated rings. The molecule has 21 heavy (non-hydrogen) atoms. The molecule has 0 aromatic carbocycles. The zero-order valence-electron chi connectivity index (χ0n) is 13.1. The lowest BCUT2D eigenvalue weighted by Gasteiger charge is -2.43. The summed E-state index contributed by atoms with van der Waals surface area (Å²) in [6.45, 7) is 6.27. The van der Waals surface area contributed by atoms with Gasteiger partial charge >= 0.3 is 5.97 Å². The molecule has 1 saturated heterocycles. The molecule has 6 heteroatoms. The van der Waals surface area contributed by atoms with Gasteiger partial charge in [0.2, 0.25) is 0 Å². The summed E-state index contributed by atoms with van der Waals surface area (Å²) in [7, 11) is 1.72. The monoisotopic (exact) mass is 293 g/mol. The number of piperidine rings is 1. The van der Waals surface area contributed by atoms with E-state index in [0.717, 1.165) is 25.0 Å². The van der Waals surface area contributed by atoms with Gasteiger partial charge in [0.1, 0.15) is 11.7 Å². The molecule has 1 aromatic heterocycles. The van der Waals surface area contributed by atoms with Crippen molar-refractivity contribution in [1.82, 2.24) is 14.7 Å². The number of hydrogen-bond donors (Lipinski definition) is 1. The van der Waals surface area contributed by atoms with Gasteiger partial charge < -0.3 is 10.0 Å². The number of rotatable bonds is 3. The fourth-order valence-corrected chi connectivity index (χ4v) is 3.13. The van der Waals surface area contributed by atoms with Crippen molar-refractivity contribution in [3.05, 3.63) is 17.5 Å². The number of likely N-dealkylation sites (tertiary alicyclic amines) is 1. The van der Waals surface area contributed by atoms with Crippen LogP contribution < -0.4 is 0 Å². The third kappa shape index (κ3) is 2.80. The molecule has 1 amide bonds. The van der Waals surface area contributed by atoms with Gasteiger partial charge in [0.25, 0.3) is 5.91 Å². The van der Waals surface area contributed by atoms with Crippen LogP contribution in [0.3, 0.4) is 0 Å². The largest absolute Gasteiger partial charge is 0.480 e. The van der Waals surface area contributed by atoms with Crippen LogP contribution in [0.2, 0.25) is 0 Å². The standard InChI is InChI=1S/C15H23N3O3/c1-5-10-9-11(17(4)16-10)13(19)18-8-6-7-15(2,3)12(18)14(20)21/h9,12H,5-8H2,1-4H3,(H,20,21). The molecular weight excluding hydrogens is 270 g/mol. The molecule has 1 aliphatic heterocycles. The van der Waals surface area contributed by atoms with E-state index in [2.05, 4.69) is 5.10 Å². The summed E-state index contributed by atoms with van der Waals surface area (Å²) in [5.74, 6) is -1.18.